The Balaban J connectivity index is 1.68. The first kappa shape index (κ1) is 12.5. The minimum absolute atomic E-state index is 0.311. The van der Waals surface area contributed by atoms with Gasteiger partial charge in [0.25, 0.3) is 0 Å². The molecular formula is C15H17NO2S. The molecule has 19 heavy (non-hydrogen) atoms. The smallest absolute Gasteiger partial charge is 0.128 e. The van der Waals surface area contributed by atoms with Gasteiger partial charge in [0.2, 0.25) is 0 Å². The molecule has 0 saturated heterocycles. The van der Waals surface area contributed by atoms with Gasteiger partial charge in [-0.05, 0) is 30.1 Å². The van der Waals surface area contributed by atoms with Gasteiger partial charge in [0.05, 0.1) is 6.04 Å². The van der Waals surface area contributed by atoms with E-state index < -0.39 is 0 Å². The van der Waals surface area contributed by atoms with Crippen LogP contribution in [0.25, 0.3) is 0 Å². The molecule has 1 aliphatic rings. The van der Waals surface area contributed by atoms with Crippen LogP contribution in [0.3, 0.4) is 0 Å². The molecule has 2 heterocycles. The molecule has 3 rings (SSSR count). The van der Waals surface area contributed by atoms with Gasteiger partial charge in [-0.25, -0.2) is 0 Å². The number of hydrogen-bond acceptors (Lipinski definition) is 4. The summed E-state index contributed by atoms with van der Waals surface area (Å²) >= 11 is 1.71. The zero-order valence-electron chi connectivity index (χ0n) is 10.9. The first-order valence-corrected chi connectivity index (χ1v) is 7.40. The van der Waals surface area contributed by atoms with Gasteiger partial charge in [0, 0.05) is 16.5 Å². The van der Waals surface area contributed by atoms with E-state index in [-0.39, 0.29) is 0 Å². The van der Waals surface area contributed by atoms with E-state index in [0.717, 1.165) is 18.0 Å². The molecule has 100 valence electrons. The zero-order valence-corrected chi connectivity index (χ0v) is 11.7. The SMILES string of the molecule is CCNC1COc2cc(OCc3cccs3)ccc21. The van der Waals surface area contributed by atoms with E-state index in [2.05, 4.69) is 29.8 Å². The number of rotatable bonds is 5. The van der Waals surface area contributed by atoms with E-state index in [4.69, 9.17) is 9.47 Å². The van der Waals surface area contributed by atoms with Crippen molar-refractivity contribution in [2.75, 3.05) is 13.2 Å². The molecule has 1 aromatic heterocycles. The van der Waals surface area contributed by atoms with Crippen molar-refractivity contribution >= 4 is 11.3 Å². The highest BCUT2D eigenvalue weighted by molar-refractivity contribution is 7.09. The number of hydrogen-bond donors (Lipinski definition) is 1. The maximum absolute atomic E-state index is 5.78. The molecule has 1 atom stereocenters. The second kappa shape index (κ2) is 5.63. The van der Waals surface area contributed by atoms with Gasteiger partial charge < -0.3 is 14.8 Å². The Morgan fingerprint density at radius 2 is 2.37 bits per heavy atom. The quantitative estimate of drug-likeness (QED) is 0.907. The summed E-state index contributed by atoms with van der Waals surface area (Å²) in [4.78, 5) is 1.23. The number of thiophene rings is 1. The fourth-order valence-electron chi connectivity index (χ4n) is 2.24. The summed E-state index contributed by atoms with van der Waals surface area (Å²) < 4.78 is 11.5. The average molecular weight is 275 g/mol. The van der Waals surface area contributed by atoms with Crippen molar-refractivity contribution in [2.24, 2.45) is 0 Å². The Labute approximate surface area is 117 Å². The van der Waals surface area contributed by atoms with Gasteiger partial charge in [-0.3, -0.25) is 0 Å². The summed E-state index contributed by atoms with van der Waals surface area (Å²) in [5.74, 6) is 1.80. The fourth-order valence-corrected chi connectivity index (χ4v) is 2.86. The summed E-state index contributed by atoms with van der Waals surface area (Å²) in [5.41, 5.74) is 1.23. The molecule has 0 spiro atoms. The van der Waals surface area contributed by atoms with E-state index in [0.29, 0.717) is 19.3 Å². The van der Waals surface area contributed by atoms with E-state index in [1.807, 2.05) is 18.2 Å². The lowest BCUT2D eigenvalue weighted by Gasteiger charge is -2.09. The Kier molecular flexibility index (Phi) is 3.71. The van der Waals surface area contributed by atoms with Crippen LogP contribution in [-0.4, -0.2) is 13.2 Å². The molecule has 1 N–H and O–H groups in total. The zero-order chi connectivity index (χ0) is 13.1. The molecular weight excluding hydrogens is 258 g/mol. The third kappa shape index (κ3) is 2.74. The first-order valence-electron chi connectivity index (χ1n) is 6.52. The molecule has 2 aromatic rings. The van der Waals surface area contributed by atoms with Crippen LogP contribution in [0.15, 0.2) is 35.7 Å². The molecule has 0 bridgehead atoms. The summed E-state index contributed by atoms with van der Waals surface area (Å²) in [6.45, 7) is 4.38. The number of ether oxygens (including phenoxy) is 2. The van der Waals surface area contributed by atoms with Crippen molar-refractivity contribution in [3.05, 3.63) is 46.2 Å². The van der Waals surface area contributed by atoms with Crippen LogP contribution < -0.4 is 14.8 Å². The largest absolute Gasteiger partial charge is 0.491 e. The van der Waals surface area contributed by atoms with Crippen LogP contribution in [0.5, 0.6) is 11.5 Å². The van der Waals surface area contributed by atoms with Gasteiger partial charge in [-0.15, -0.1) is 11.3 Å². The van der Waals surface area contributed by atoms with Crippen LogP contribution in [0, 0.1) is 0 Å². The topological polar surface area (TPSA) is 30.5 Å². The Morgan fingerprint density at radius 1 is 1.42 bits per heavy atom. The normalized spacial score (nSPS) is 17.0. The highest BCUT2D eigenvalue weighted by Crippen LogP contribution is 2.35. The molecule has 0 saturated carbocycles. The average Bonchev–Trinajstić information content (AvgIpc) is 3.06. The van der Waals surface area contributed by atoms with Crippen molar-refractivity contribution in [3.8, 4) is 11.5 Å². The molecule has 0 radical (unpaired) electrons. The monoisotopic (exact) mass is 275 g/mol. The summed E-state index contributed by atoms with van der Waals surface area (Å²) in [6, 6.07) is 10.5. The van der Waals surface area contributed by atoms with E-state index in [9.17, 15) is 0 Å². The standard InChI is InChI=1S/C15H17NO2S/c1-2-16-14-10-18-15-8-11(5-6-13(14)15)17-9-12-4-3-7-19-12/h3-8,14,16H,2,9-10H2,1H3. The van der Waals surface area contributed by atoms with Crippen LogP contribution in [-0.2, 0) is 6.61 Å². The van der Waals surface area contributed by atoms with E-state index in [1.54, 1.807) is 11.3 Å². The molecule has 4 heteroatoms. The third-order valence-corrected chi connectivity index (χ3v) is 4.03. The van der Waals surface area contributed by atoms with Crippen molar-refractivity contribution in [1.82, 2.24) is 5.32 Å². The Bertz CT molecular complexity index is 539. The molecule has 3 nitrogen and oxygen atoms in total. The van der Waals surface area contributed by atoms with Crippen molar-refractivity contribution in [1.29, 1.82) is 0 Å². The van der Waals surface area contributed by atoms with Gasteiger partial charge >= 0.3 is 0 Å². The lowest BCUT2D eigenvalue weighted by atomic mass is 10.1. The van der Waals surface area contributed by atoms with Crippen LogP contribution in [0.2, 0.25) is 0 Å². The van der Waals surface area contributed by atoms with Gasteiger partial charge in [-0.1, -0.05) is 13.0 Å². The molecule has 1 aromatic carbocycles. The fraction of sp³-hybridized carbons (Fsp3) is 0.333. The second-order valence-electron chi connectivity index (χ2n) is 4.49. The maximum atomic E-state index is 5.78. The summed E-state index contributed by atoms with van der Waals surface area (Å²) in [5, 5.41) is 5.47. The lowest BCUT2D eigenvalue weighted by molar-refractivity contribution is 0.299. The van der Waals surface area contributed by atoms with E-state index in [1.165, 1.54) is 10.4 Å². The Morgan fingerprint density at radius 3 is 3.16 bits per heavy atom. The number of fused-ring (bicyclic) bond motifs is 1. The highest BCUT2D eigenvalue weighted by atomic mass is 32.1. The van der Waals surface area contributed by atoms with Crippen LogP contribution >= 0.6 is 11.3 Å². The third-order valence-electron chi connectivity index (χ3n) is 3.18. The van der Waals surface area contributed by atoms with Crippen molar-refractivity contribution < 1.29 is 9.47 Å². The summed E-state index contributed by atoms with van der Waals surface area (Å²) in [7, 11) is 0. The molecule has 0 fully saturated rings. The van der Waals surface area contributed by atoms with Crippen LogP contribution in [0.1, 0.15) is 23.4 Å². The molecule has 0 aliphatic carbocycles. The molecule has 0 amide bonds. The van der Waals surface area contributed by atoms with Crippen molar-refractivity contribution in [2.45, 2.75) is 19.6 Å². The van der Waals surface area contributed by atoms with Gasteiger partial charge in [-0.2, -0.15) is 0 Å². The lowest BCUT2D eigenvalue weighted by Crippen LogP contribution is -2.21. The van der Waals surface area contributed by atoms with Gasteiger partial charge in [0.15, 0.2) is 0 Å². The number of nitrogens with one attached hydrogen (secondary N) is 1. The minimum Gasteiger partial charge on any atom is -0.491 e. The predicted molar refractivity (Wildman–Crippen MR) is 77.0 cm³/mol. The van der Waals surface area contributed by atoms with Crippen molar-refractivity contribution in [3.63, 3.8) is 0 Å². The summed E-state index contributed by atoms with van der Waals surface area (Å²) in [6.07, 6.45) is 0. The molecule has 1 aliphatic heterocycles. The second-order valence-corrected chi connectivity index (χ2v) is 5.52. The molecule has 1 unspecified atom stereocenters. The predicted octanol–water partition coefficient (Wildman–Crippen LogP) is 3.37. The van der Waals surface area contributed by atoms with Gasteiger partial charge in [0.1, 0.15) is 24.7 Å². The highest BCUT2D eigenvalue weighted by Gasteiger charge is 2.23. The Hall–Kier alpha value is -1.52. The van der Waals surface area contributed by atoms with E-state index >= 15 is 0 Å². The number of likely N-dealkylation sites (N-methyl/N-ethyl adjacent to an activating group) is 1. The first-order chi connectivity index (χ1) is 9.36. The maximum Gasteiger partial charge on any atom is 0.128 e. The minimum atomic E-state index is 0.311. The number of benzene rings is 1. The van der Waals surface area contributed by atoms with Crippen LogP contribution in [0.4, 0.5) is 0 Å².